The summed E-state index contributed by atoms with van der Waals surface area (Å²) in [4.78, 5) is 0. The lowest BCUT2D eigenvalue weighted by Gasteiger charge is -2.03. The van der Waals surface area contributed by atoms with Crippen LogP contribution in [0.2, 0.25) is 10.2 Å². The highest BCUT2D eigenvalue weighted by Crippen LogP contribution is 2.14. The van der Waals surface area contributed by atoms with Crippen molar-refractivity contribution in [2.75, 3.05) is 0 Å². The van der Waals surface area contributed by atoms with Crippen molar-refractivity contribution in [3.05, 3.63) is 46.1 Å². The van der Waals surface area contributed by atoms with Crippen molar-refractivity contribution in [1.29, 1.82) is 0 Å². The Kier molecular flexibility index (Phi) is 3.59. The average Bonchev–Trinajstić information content (AvgIpc) is 2.74. The molecule has 1 N–H and O–H groups in total. The summed E-state index contributed by atoms with van der Waals surface area (Å²) in [5.74, 6) is 0.824. The summed E-state index contributed by atoms with van der Waals surface area (Å²) < 4.78 is 7.22. The summed E-state index contributed by atoms with van der Waals surface area (Å²) in [5, 5.41) is 4.42. The maximum absolute atomic E-state index is 5.88. The molecule has 0 saturated carbocycles. The smallest absolute Gasteiger partial charge is 0.193 e. The molecule has 0 aliphatic carbocycles. The van der Waals surface area contributed by atoms with E-state index in [2.05, 4.69) is 5.32 Å². The third-order valence-electron chi connectivity index (χ3n) is 2.31. The maximum Gasteiger partial charge on any atom is 0.193 e. The predicted octanol–water partition coefficient (Wildman–Crippen LogP) is 3.21. The minimum absolute atomic E-state index is 0.415. The monoisotopic (exact) mass is 258 g/mol. The van der Waals surface area contributed by atoms with Gasteiger partial charge < -0.3 is 14.3 Å². The van der Waals surface area contributed by atoms with Crippen LogP contribution in [0.25, 0.3) is 0 Å². The van der Waals surface area contributed by atoms with Crippen LogP contribution in [-0.4, -0.2) is 4.57 Å². The molecule has 0 fully saturated rings. The van der Waals surface area contributed by atoms with Gasteiger partial charge in [0.2, 0.25) is 0 Å². The van der Waals surface area contributed by atoms with E-state index in [1.54, 1.807) is 6.07 Å². The van der Waals surface area contributed by atoms with E-state index in [1.165, 1.54) is 0 Å². The quantitative estimate of drug-likeness (QED) is 0.913. The summed E-state index contributed by atoms with van der Waals surface area (Å²) in [6.45, 7) is 1.39. The summed E-state index contributed by atoms with van der Waals surface area (Å²) in [7, 11) is 1.96. The minimum atomic E-state index is 0.415. The van der Waals surface area contributed by atoms with Crippen molar-refractivity contribution >= 4 is 23.2 Å². The molecule has 2 heterocycles. The van der Waals surface area contributed by atoms with Crippen LogP contribution in [0.15, 0.2) is 28.8 Å². The molecule has 2 rings (SSSR count). The second-order valence-electron chi connectivity index (χ2n) is 3.57. The molecule has 0 atom stereocenters. The maximum atomic E-state index is 5.88. The van der Waals surface area contributed by atoms with Gasteiger partial charge >= 0.3 is 0 Å². The molecule has 2 aromatic rings. The van der Waals surface area contributed by atoms with Crippen LogP contribution in [0, 0.1) is 0 Å². The minimum Gasteiger partial charge on any atom is -0.448 e. The van der Waals surface area contributed by atoms with Gasteiger partial charge in [0.05, 0.1) is 11.6 Å². The number of rotatable bonds is 4. The molecule has 0 saturated heterocycles. The molecule has 0 amide bonds. The van der Waals surface area contributed by atoms with Crippen LogP contribution in [0.3, 0.4) is 0 Å². The molecule has 86 valence electrons. The van der Waals surface area contributed by atoms with Crippen molar-refractivity contribution in [2.24, 2.45) is 7.05 Å². The van der Waals surface area contributed by atoms with E-state index in [9.17, 15) is 0 Å². The zero-order valence-corrected chi connectivity index (χ0v) is 10.3. The number of furan rings is 1. The molecule has 0 radical (unpaired) electrons. The van der Waals surface area contributed by atoms with E-state index in [1.807, 2.05) is 29.9 Å². The van der Waals surface area contributed by atoms with Gasteiger partial charge in [-0.1, -0.05) is 11.6 Å². The molecule has 5 heteroatoms. The number of nitrogens with one attached hydrogen (secondary N) is 1. The molecule has 0 aromatic carbocycles. The lowest BCUT2D eigenvalue weighted by Crippen LogP contribution is -2.14. The molecular formula is C11H12Cl2N2O. The third kappa shape index (κ3) is 2.82. The van der Waals surface area contributed by atoms with Gasteiger partial charge in [-0.05, 0) is 29.8 Å². The van der Waals surface area contributed by atoms with Crippen LogP contribution >= 0.6 is 23.2 Å². The van der Waals surface area contributed by atoms with Gasteiger partial charge in [-0.3, -0.25) is 0 Å². The highest BCUT2D eigenvalue weighted by molar-refractivity contribution is 6.30. The van der Waals surface area contributed by atoms with Gasteiger partial charge in [0.15, 0.2) is 5.22 Å². The van der Waals surface area contributed by atoms with Gasteiger partial charge in [0, 0.05) is 25.5 Å². The number of halogens is 2. The van der Waals surface area contributed by atoms with Crippen LogP contribution in [0.5, 0.6) is 0 Å². The van der Waals surface area contributed by atoms with Crippen molar-refractivity contribution in [3.63, 3.8) is 0 Å². The number of hydrogen-bond acceptors (Lipinski definition) is 2. The van der Waals surface area contributed by atoms with E-state index in [4.69, 9.17) is 27.6 Å². The molecule has 2 aromatic heterocycles. The van der Waals surface area contributed by atoms with E-state index in [-0.39, 0.29) is 0 Å². The van der Waals surface area contributed by atoms with Crippen molar-refractivity contribution in [2.45, 2.75) is 13.1 Å². The van der Waals surface area contributed by atoms with Crippen LogP contribution in [-0.2, 0) is 20.1 Å². The standard InChI is InChI=1S/C11H12Cl2N2O/c1-15-7-8(12)4-9(15)5-14-6-10-2-3-11(13)16-10/h2-4,7,14H,5-6H2,1H3. The Morgan fingerprint density at radius 1 is 1.31 bits per heavy atom. The Hall–Kier alpha value is -0.900. The Balaban J connectivity index is 1.86. The number of nitrogens with zero attached hydrogens (tertiary/aromatic N) is 1. The van der Waals surface area contributed by atoms with Gasteiger partial charge in [-0.25, -0.2) is 0 Å². The van der Waals surface area contributed by atoms with Crippen LogP contribution < -0.4 is 5.32 Å². The SMILES string of the molecule is Cn1cc(Cl)cc1CNCc1ccc(Cl)o1. The Morgan fingerprint density at radius 3 is 2.69 bits per heavy atom. The Labute approximate surface area is 104 Å². The van der Waals surface area contributed by atoms with Crippen LogP contribution in [0.1, 0.15) is 11.5 Å². The largest absolute Gasteiger partial charge is 0.448 e. The first kappa shape index (κ1) is 11.6. The summed E-state index contributed by atoms with van der Waals surface area (Å²) >= 11 is 11.5. The zero-order valence-electron chi connectivity index (χ0n) is 8.84. The molecule has 3 nitrogen and oxygen atoms in total. The average molecular weight is 259 g/mol. The van der Waals surface area contributed by atoms with Crippen molar-refractivity contribution < 1.29 is 4.42 Å². The number of aromatic nitrogens is 1. The fraction of sp³-hybridized carbons (Fsp3) is 0.273. The van der Waals surface area contributed by atoms with E-state index < -0.39 is 0 Å². The summed E-state index contributed by atoms with van der Waals surface area (Å²) in [6.07, 6.45) is 1.88. The second-order valence-corrected chi connectivity index (χ2v) is 4.38. The first-order chi connectivity index (χ1) is 7.65. The summed E-state index contributed by atoms with van der Waals surface area (Å²) in [5.41, 5.74) is 1.13. The topological polar surface area (TPSA) is 30.1 Å². The molecule has 0 aliphatic heterocycles. The van der Waals surface area contributed by atoms with Gasteiger partial charge in [-0.2, -0.15) is 0 Å². The number of aryl methyl sites for hydroxylation is 1. The van der Waals surface area contributed by atoms with Gasteiger partial charge in [-0.15, -0.1) is 0 Å². The molecule has 0 unspecified atom stereocenters. The normalized spacial score (nSPS) is 10.9. The van der Waals surface area contributed by atoms with Crippen molar-refractivity contribution in [3.8, 4) is 0 Å². The first-order valence-electron chi connectivity index (χ1n) is 4.91. The summed E-state index contributed by atoms with van der Waals surface area (Å²) in [6, 6.07) is 5.52. The van der Waals surface area contributed by atoms with E-state index in [0.717, 1.165) is 23.0 Å². The lowest BCUT2D eigenvalue weighted by atomic mass is 10.4. The lowest BCUT2D eigenvalue weighted by molar-refractivity contribution is 0.482. The van der Waals surface area contributed by atoms with E-state index in [0.29, 0.717) is 11.8 Å². The fourth-order valence-electron chi connectivity index (χ4n) is 1.50. The van der Waals surface area contributed by atoms with Gasteiger partial charge in [0.25, 0.3) is 0 Å². The second kappa shape index (κ2) is 4.95. The molecule has 16 heavy (non-hydrogen) atoms. The third-order valence-corrected chi connectivity index (χ3v) is 2.72. The molecule has 0 spiro atoms. The highest BCUT2D eigenvalue weighted by Gasteiger charge is 2.02. The molecule has 0 bridgehead atoms. The van der Waals surface area contributed by atoms with Crippen molar-refractivity contribution in [1.82, 2.24) is 9.88 Å². The van der Waals surface area contributed by atoms with Crippen LogP contribution in [0.4, 0.5) is 0 Å². The first-order valence-corrected chi connectivity index (χ1v) is 5.66. The Morgan fingerprint density at radius 2 is 2.12 bits per heavy atom. The fourth-order valence-corrected chi connectivity index (χ4v) is 1.94. The molecular weight excluding hydrogens is 247 g/mol. The number of hydrogen-bond donors (Lipinski definition) is 1. The van der Waals surface area contributed by atoms with E-state index >= 15 is 0 Å². The predicted molar refractivity (Wildman–Crippen MR) is 64.7 cm³/mol. The zero-order chi connectivity index (χ0) is 11.5. The Bertz CT molecular complexity index is 476. The van der Waals surface area contributed by atoms with Gasteiger partial charge in [0.1, 0.15) is 5.76 Å². The molecule has 0 aliphatic rings. The highest BCUT2D eigenvalue weighted by atomic mass is 35.5.